The van der Waals surface area contributed by atoms with Gasteiger partial charge in [0.15, 0.2) is 0 Å². The van der Waals surface area contributed by atoms with Crippen LogP contribution in [0.4, 0.5) is 5.69 Å². The summed E-state index contributed by atoms with van der Waals surface area (Å²) in [5, 5.41) is 11.8. The number of nitrogens with one attached hydrogen (secondary N) is 1. The quantitative estimate of drug-likeness (QED) is 0.483. The Morgan fingerprint density at radius 2 is 1.92 bits per heavy atom. The number of thiol groups is 1. The summed E-state index contributed by atoms with van der Waals surface area (Å²) in [6.07, 6.45) is 0.540. The summed E-state index contributed by atoms with van der Waals surface area (Å²) in [4.78, 5) is 23.4. The Labute approximate surface area is 176 Å². The molecule has 0 heterocycles. The summed E-state index contributed by atoms with van der Waals surface area (Å²) in [6, 6.07) is 13.7. The number of hydrogen-bond acceptors (Lipinski definition) is 4. The van der Waals surface area contributed by atoms with E-state index in [1.807, 2.05) is 24.3 Å². The first-order valence-corrected chi connectivity index (χ1v) is 8.04. The van der Waals surface area contributed by atoms with E-state index < -0.39 is 5.97 Å². The van der Waals surface area contributed by atoms with Gasteiger partial charge in [-0.1, -0.05) is 18.2 Å². The van der Waals surface area contributed by atoms with Gasteiger partial charge in [-0.05, 0) is 42.3 Å². The molecule has 0 aliphatic heterocycles. The Morgan fingerprint density at radius 1 is 1.24 bits per heavy atom. The van der Waals surface area contributed by atoms with E-state index in [1.165, 1.54) is 12.1 Å². The van der Waals surface area contributed by atoms with E-state index in [2.05, 4.69) is 17.9 Å². The molecular formula is C18H20NNaO4S. The minimum atomic E-state index is -1.03. The second-order valence-corrected chi connectivity index (χ2v) is 5.67. The molecule has 5 nitrogen and oxygen atoms in total. The summed E-state index contributed by atoms with van der Waals surface area (Å²) in [6.45, 7) is 0. The minimum absolute atomic E-state index is 0. The second-order valence-electron chi connectivity index (χ2n) is 5.31. The van der Waals surface area contributed by atoms with Crippen molar-refractivity contribution in [2.45, 2.75) is 6.42 Å². The van der Waals surface area contributed by atoms with Crippen molar-refractivity contribution < 1.29 is 50.4 Å². The number of carboxylic acids is 1. The fourth-order valence-corrected chi connectivity index (χ4v) is 2.56. The van der Waals surface area contributed by atoms with Gasteiger partial charge in [-0.15, -0.1) is 0 Å². The average Bonchev–Trinajstić information content (AvgIpc) is 2.60. The van der Waals surface area contributed by atoms with Crippen molar-refractivity contribution in [1.29, 1.82) is 0 Å². The van der Waals surface area contributed by atoms with E-state index in [9.17, 15) is 9.59 Å². The normalized spacial score (nSPS) is 11.1. The Hall–Kier alpha value is -1.47. The Morgan fingerprint density at radius 3 is 2.48 bits per heavy atom. The van der Waals surface area contributed by atoms with Gasteiger partial charge in [0.25, 0.3) is 0 Å². The van der Waals surface area contributed by atoms with Gasteiger partial charge < -0.3 is 16.6 Å². The molecular weight excluding hydrogens is 349 g/mol. The van der Waals surface area contributed by atoms with Crippen LogP contribution < -0.4 is 39.6 Å². The number of methoxy groups -OCH3 is 1. The molecule has 7 heteroatoms. The average molecular weight is 369 g/mol. The Kier molecular flexibility index (Phi) is 9.06. The van der Waals surface area contributed by atoms with E-state index in [0.29, 0.717) is 17.9 Å². The first-order valence-electron chi connectivity index (χ1n) is 7.41. The molecule has 1 amide bonds. The predicted molar refractivity (Wildman–Crippen MR) is 97.2 cm³/mol. The molecule has 0 bridgehead atoms. The monoisotopic (exact) mass is 369 g/mol. The number of carbonyl (C=O) groups is 2. The van der Waals surface area contributed by atoms with Crippen molar-refractivity contribution in [3.63, 3.8) is 0 Å². The molecule has 0 spiro atoms. The molecule has 25 heavy (non-hydrogen) atoms. The number of anilines is 1. The third-order valence-corrected chi connectivity index (χ3v) is 4.05. The van der Waals surface area contributed by atoms with Crippen LogP contribution in [-0.2, 0) is 11.2 Å². The number of carbonyl (C=O) groups excluding carboxylic acids is 1. The molecule has 2 rings (SSSR count). The zero-order valence-electron chi connectivity index (χ0n) is 15.2. The number of carboxylic acid groups (broad SMARTS) is 1. The minimum Gasteiger partial charge on any atom is -1.00 e. The van der Waals surface area contributed by atoms with E-state index in [0.717, 1.165) is 11.3 Å². The fourth-order valence-electron chi connectivity index (χ4n) is 2.26. The van der Waals surface area contributed by atoms with Gasteiger partial charge in [0.2, 0.25) is 5.91 Å². The van der Waals surface area contributed by atoms with E-state index >= 15 is 0 Å². The number of benzene rings is 2. The summed E-state index contributed by atoms with van der Waals surface area (Å²) in [7, 11) is 1.60. The molecule has 128 valence electrons. The van der Waals surface area contributed by atoms with Crippen LogP contribution in [0, 0.1) is 5.92 Å². The smallest absolute Gasteiger partial charge is 1.00 e. The van der Waals surface area contributed by atoms with Crippen LogP contribution in [0.15, 0.2) is 48.5 Å². The van der Waals surface area contributed by atoms with Gasteiger partial charge >= 0.3 is 35.5 Å². The zero-order valence-corrected chi connectivity index (χ0v) is 17.1. The molecule has 0 saturated carbocycles. The van der Waals surface area contributed by atoms with Crippen LogP contribution in [0.25, 0.3) is 0 Å². The molecule has 1 atom stereocenters. The molecule has 0 aliphatic rings. The van der Waals surface area contributed by atoms with E-state index in [-0.39, 0.29) is 48.4 Å². The maximum absolute atomic E-state index is 12.4. The topological polar surface area (TPSA) is 75.6 Å². The van der Waals surface area contributed by atoms with E-state index in [4.69, 9.17) is 9.84 Å². The standard InChI is InChI=1S/C18H19NO4S.Na.H/c1-23-16-7-5-12(6-8-16)9-14(11-24)17(20)19-15-4-2-3-13(10-15)18(21)22;;/h2-8,10,14,24H,9,11H2,1H3,(H,19,20)(H,21,22);;/q;+1;-1. The molecule has 0 saturated heterocycles. The van der Waals surface area contributed by atoms with Crippen LogP contribution >= 0.6 is 12.6 Å². The third kappa shape index (κ3) is 6.40. The predicted octanol–water partition coefficient (Wildman–Crippen LogP) is 0.237. The zero-order chi connectivity index (χ0) is 17.5. The fraction of sp³-hybridized carbons (Fsp3) is 0.222. The van der Waals surface area contributed by atoms with Crippen LogP contribution in [0.3, 0.4) is 0 Å². The summed E-state index contributed by atoms with van der Waals surface area (Å²) in [5.74, 6) is -0.402. The molecule has 1 unspecified atom stereocenters. The number of rotatable bonds is 7. The number of amides is 1. The largest absolute Gasteiger partial charge is 1.00 e. The SMILES string of the molecule is COc1ccc(CC(CS)C(=O)Nc2cccc(C(=O)O)c2)cc1.[H-].[Na+]. The maximum Gasteiger partial charge on any atom is 1.00 e. The van der Waals surface area contributed by atoms with Gasteiger partial charge in [-0.25, -0.2) is 4.79 Å². The molecule has 0 fully saturated rings. The van der Waals surface area contributed by atoms with Crippen LogP contribution in [0.5, 0.6) is 5.75 Å². The Bertz CT molecular complexity index is 727. The number of aromatic carboxylic acids is 1. The number of ether oxygens (including phenoxy) is 1. The van der Waals surface area contributed by atoms with Gasteiger partial charge in [0.05, 0.1) is 18.6 Å². The van der Waals surface area contributed by atoms with Crippen molar-refractivity contribution >= 4 is 30.2 Å². The van der Waals surface area contributed by atoms with Crippen molar-refractivity contribution in [3.05, 3.63) is 59.7 Å². The summed E-state index contributed by atoms with van der Waals surface area (Å²) in [5.41, 5.74) is 1.59. The van der Waals surface area contributed by atoms with Gasteiger partial charge in [0.1, 0.15) is 5.75 Å². The van der Waals surface area contributed by atoms with Crippen molar-refractivity contribution in [2.75, 3.05) is 18.2 Å². The summed E-state index contributed by atoms with van der Waals surface area (Å²) < 4.78 is 5.12. The second kappa shape index (κ2) is 10.5. The molecule has 2 aromatic carbocycles. The van der Waals surface area contributed by atoms with E-state index in [1.54, 1.807) is 19.2 Å². The van der Waals surface area contributed by atoms with Gasteiger partial charge in [-0.3, -0.25) is 4.79 Å². The molecule has 0 aromatic heterocycles. The summed E-state index contributed by atoms with van der Waals surface area (Å²) >= 11 is 4.26. The first-order chi connectivity index (χ1) is 11.5. The van der Waals surface area contributed by atoms with Crippen LogP contribution in [0.2, 0.25) is 0 Å². The van der Waals surface area contributed by atoms with Crippen molar-refractivity contribution in [2.24, 2.45) is 5.92 Å². The van der Waals surface area contributed by atoms with Crippen LogP contribution in [0.1, 0.15) is 17.3 Å². The Balaban J connectivity index is 0.00000312. The molecule has 0 radical (unpaired) electrons. The third-order valence-electron chi connectivity index (χ3n) is 3.61. The first kappa shape index (κ1) is 21.6. The molecule has 2 N–H and O–H groups in total. The molecule has 2 aromatic rings. The van der Waals surface area contributed by atoms with Gasteiger partial charge in [0, 0.05) is 11.4 Å². The molecule has 0 aliphatic carbocycles. The van der Waals surface area contributed by atoms with Crippen LogP contribution in [-0.4, -0.2) is 29.8 Å². The van der Waals surface area contributed by atoms with Gasteiger partial charge in [-0.2, -0.15) is 12.6 Å². The van der Waals surface area contributed by atoms with Crippen molar-refractivity contribution in [3.8, 4) is 5.75 Å². The van der Waals surface area contributed by atoms with Crippen molar-refractivity contribution in [1.82, 2.24) is 0 Å². The number of hydrogen-bond donors (Lipinski definition) is 3. The maximum atomic E-state index is 12.4.